The SMILES string of the molecule is CCS(=O)(=O)Cc1csc2cc(N)ccc12. The molecule has 2 N–H and O–H groups in total. The molecule has 1 heterocycles. The van der Waals surface area contributed by atoms with Crippen molar-refractivity contribution in [1.29, 1.82) is 0 Å². The van der Waals surface area contributed by atoms with Crippen LogP contribution < -0.4 is 5.73 Å². The van der Waals surface area contributed by atoms with E-state index in [2.05, 4.69) is 0 Å². The van der Waals surface area contributed by atoms with E-state index in [1.54, 1.807) is 13.0 Å². The highest BCUT2D eigenvalue weighted by Gasteiger charge is 2.12. The van der Waals surface area contributed by atoms with Crippen LogP contribution in [0.2, 0.25) is 0 Å². The summed E-state index contributed by atoms with van der Waals surface area (Å²) in [6.45, 7) is 1.67. The molecule has 16 heavy (non-hydrogen) atoms. The summed E-state index contributed by atoms with van der Waals surface area (Å²) in [5, 5.41) is 2.90. The van der Waals surface area contributed by atoms with Crippen molar-refractivity contribution >= 4 is 36.9 Å². The second kappa shape index (κ2) is 4.07. The third-order valence-electron chi connectivity index (χ3n) is 2.50. The van der Waals surface area contributed by atoms with Gasteiger partial charge in [-0.25, -0.2) is 8.42 Å². The highest BCUT2D eigenvalue weighted by molar-refractivity contribution is 7.90. The fourth-order valence-electron chi connectivity index (χ4n) is 1.55. The molecule has 0 amide bonds. The first-order valence-electron chi connectivity index (χ1n) is 4.98. The standard InChI is InChI=1S/C11H13NO2S2/c1-2-16(13,14)7-8-6-15-11-5-9(12)3-4-10(8)11/h3-6H,2,7,12H2,1H3. The van der Waals surface area contributed by atoms with E-state index >= 15 is 0 Å². The molecule has 5 heteroatoms. The molecule has 0 unspecified atom stereocenters. The summed E-state index contributed by atoms with van der Waals surface area (Å²) in [4.78, 5) is 0. The molecule has 86 valence electrons. The van der Waals surface area contributed by atoms with Crippen molar-refractivity contribution in [3.05, 3.63) is 29.1 Å². The Kier molecular flexibility index (Phi) is 2.90. The fraction of sp³-hybridized carbons (Fsp3) is 0.273. The molecule has 0 aliphatic rings. The summed E-state index contributed by atoms with van der Waals surface area (Å²) < 4.78 is 24.2. The van der Waals surface area contributed by atoms with Crippen molar-refractivity contribution in [2.75, 3.05) is 11.5 Å². The van der Waals surface area contributed by atoms with Gasteiger partial charge in [-0.1, -0.05) is 13.0 Å². The summed E-state index contributed by atoms with van der Waals surface area (Å²) >= 11 is 1.53. The van der Waals surface area contributed by atoms with Crippen LogP contribution in [0.25, 0.3) is 10.1 Å². The average Bonchev–Trinajstić information content (AvgIpc) is 2.60. The first-order chi connectivity index (χ1) is 7.52. The lowest BCUT2D eigenvalue weighted by atomic mass is 10.2. The number of nitrogens with two attached hydrogens (primary N) is 1. The highest BCUT2D eigenvalue weighted by Crippen LogP contribution is 2.29. The molecule has 1 aromatic heterocycles. The minimum atomic E-state index is -2.97. The molecule has 0 spiro atoms. The Balaban J connectivity index is 2.47. The predicted molar refractivity (Wildman–Crippen MR) is 69.4 cm³/mol. The van der Waals surface area contributed by atoms with Gasteiger partial charge >= 0.3 is 0 Å². The van der Waals surface area contributed by atoms with Crippen LogP contribution in [0.5, 0.6) is 0 Å². The topological polar surface area (TPSA) is 60.2 Å². The number of nitrogen functional groups attached to an aromatic ring is 1. The fourth-order valence-corrected chi connectivity index (χ4v) is 3.58. The van der Waals surface area contributed by atoms with Gasteiger partial charge in [0.25, 0.3) is 0 Å². The average molecular weight is 255 g/mol. The molecule has 0 saturated carbocycles. The Morgan fingerprint density at radius 2 is 2.12 bits per heavy atom. The van der Waals surface area contributed by atoms with E-state index in [-0.39, 0.29) is 11.5 Å². The lowest BCUT2D eigenvalue weighted by Crippen LogP contribution is -2.05. The normalized spacial score (nSPS) is 12.1. The Labute approximate surface area is 98.8 Å². The second-order valence-electron chi connectivity index (χ2n) is 3.69. The first kappa shape index (κ1) is 11.4. The van der Waals surface area contributed by atoms with Gasteiger partial charge in [0, 0.05) is 16.1 Å². The van der Waals surface area contributed by atoms with E-state index in [4.69, 9.17) is 5.73 Å². The summed E-state index contributed by atoms with van der Waals surface area (Å²) in [5.74, 6) is 0.298. The number of thiophene rings is 1. The molecule has 0 fully saturated rings. The number of fused-ring (bicyclic) bond motifs is 1. The third-order valence-corrected chi connectivity index (χ3v) is 5.12. The maximum atomic E-state index is 11.6. The van der Waals surface area contributed by atoms with Gasteiger partial charge in [-0.15, -0.1) is 11.3 Å². The zero-order valence-corrected chi connectivity index (χ0v) is 10.6. The monoisotopic (exact) mass is 255 g/mol. The maximum Gasteiger partial charge on any atom is 0.154 e. The Bertz CT molecular complexity index is 614. The van der Waals surface area contributed by atoms with Gasteiger partial charge in [0.15, 0.2) is 9.84 Å². The number of benzene rings is 1. The molecule has 1 aromatic carbocycles. The van der Waals surface area contributed by atoms with Crippen molar-refractivity contribution in [1.82, 2.24) is 0 Å². The molecule has 0 aliphatic carbocycles. The lowest BCUT2D eigenvalue weighted by molar-refractivity contribution is 0.596. The van der Waals surface area contributed by atoms with Crippen LogP contribution in [0.4, 0.5) is 5.69 Å². The zero-order valence-electron chi connectivity index (χ0n) is 8.93. The van der Waals surface area contributed by atoms with Crippen LogP contribution in [-0.2, 0) is 15.6 Å². The van der Waals surface area contributed by atoms with Crippen LogP contribution in [-0.4, -0.2) is 14.2 Å². The van der Waals surface area contributed by atoms with Crippen molar-refractivity contribution in [2.24, 2.45) is 0 Å². The number of anilines is 1. The molecule has 0 atom stereocenters. The van der Waals surface area contributed by atoms with Gasteiger partial charge in [-0.05, 0) is 28.5 Å². The minimum absolute atomic E-state index is 0.118. The van der Waals surface area contributed by atoms with Gasteiger partial charge in [0.1, 0.15) is 0 Å². The summed E-state index contributed by atoms with van der Waals surface area (Å²) in [6.07, 6.45) is 0. The van der Waals surface area contributed by atoms with Gasteiger partial charge < -0.3 is 5.73 Å². The van der Waals surface area contributed by atoms with Crippen LogP contribution >= 0.6 is 11.3 Å². The number of rotatable bonds is 3. The van der Waals surface area contributed by atoms with Gasteiger partial charge in [0.2, 0.25) is 0 Å². The van der Waals surface area contributed by atoms with E-state index in [0.717, 1.165) is 15.6 Å². The molecule has 2 aromatic rings. The summed E-state index contributed by atoms with van der Waals surface area (Å²) in [7, 11) is -2.97. The van der Waals surface area contributed by atoms with E-state index < -0.39 is 9.84 Å². The van der Waals surface area contributed by atoms with Crippen molar-refractivity contribution in [3.63, 3.8) is 0 Å². The van der Waals surface area contributed by atoms with Crippen molar-refractivity contribution in [2.45, 2.75) is 12.7 Å². The van der Waals surface area contributed by atoms with Crippen LogP contribution in [0.1, 0.15) is 12.5 Å². The van der Waals surface area contributed by atoms with Crippen LogP contribution in [0.3, 0.4) is 0 Å². The largest absolute Gasteiger partial charge is 0.399 e. The lowest BCUT2D eigenvalue weighted by Gasteiger charge is -2.00. The zero-order chi connectivity index (χ0) is 11.8. The third kappa shape index (κ3) is 2.20. The van der Waals surface area contributed by atoms with Crippen molar-refractivity contribution in [3.8, 4) is 0 Å². The molecular formula is C11H13NO2S2. The molecule has 0 radical (unpaired) electrons. The molecular weight excluding hydrogens is 242 g/mol. The Morgan fingerprint density at radius 1 is 1.38 bits per heavy atom. The minimum Gasteiger partial charge on any atom is -0.399 e. The highest BCUT2D eigenvalue weighted by atomic mass is 32.2. The smallest absolute Gasteiger partial charge is 0.154 e. The van der Waals surface area contributed by atoms with Gasteiger partial charge in [-0.3, -0.25) is 0 Å². The van der Waals surface area contributed by atoms with E-state index in [0.29, 0.717) is 5.69 Å². The van der Waals surface area contributed by atoms with Crippen LogP contribution in [0, 0.1) is 0 Å². The first-order valence-corrected chi connectivity index (χ1v) is 7.68. The van der Waals surface area contributed by atoms with E-state index in [1.165, 1.54) is 11.3 Å². The number of sulfone groups is 1. The molecule has 0 saturated heterocycles. The number of hydrogen-bond acceptors (Lipinski definition) is 4. The predicted octanol–water partition coefficient (Wildman–Crippen LogP) is 2.42. The molecule has 2 rings (SSSR count). The maximum absolute atomic E-state index is 11.6. The van der Waals surface area contributed by atoms with Gasteiger partial charge in [-0.2, -0.15) is 0 Å². The van der Waals surface area contributed by atoms with E-state index in [1.807, 2.05) is 17.5 Å². The van der Waals surface area contributed by atoms with E-state index in [9.17, 15) is 8.42 Å². The molecule has 3 nitrogen and oxygen atoms in total. The van der Waals surface area contributed by atoms with Gasteiger partial charge in [0.05, 0.1) is 5.75 Å². The summed E-state index contributed by atoms with van der Waals surface area (Å²) in [6, 6.07) is 5.57. The molecule has 0 aliphatic heterocycles. The Morgan fingerprint density at radius 3 is 2.81 bits per heavy atom. The van der Waals surface area contributed by atoms with Crippen LogP contribution in [0.15, 0.2) is 23.6 Å². The second-order valence-corrected chi connectivity index (χ2v) is 6.96. The molecule has 0 bridgehead atoms. The Hall–Kier alpha value is -1.07. The van der Waals surface area contributed by atoms with Crippen molar-refractivity contribution < 1.29 is 8.42 Å². The summed E-state index contributed by atoms with van der Waals surface area (Å²) in [5.41, 5.74) is 7.26. The quantitative estimate of drug-likeness (QED) is 0.857. The number of hydrogen-bond donors (Lipinski definition) is 1.